The van der Waals surface area contributed by atoms with Crippen molar-refractivity contribution in [2.75, 3.05) is 0 Å². The van der Waals surface area contributed by atoms with Gasteiger partial charge in [-0.25, -0.2) is 9.97 Å². The van der Waals surface area contributed by atoms with Crippen LogP contribution in [0.15, 0.2) is 164 Å². The zero-order chi connectivity index (χ0) is 33.0. The molecule has 0 amide bonds. The minimum atomic E-state index is 0.692. The molecular formula is C45H27N3S2. The maximum atomic E-state index is 5.20. The lowest BCUT2D eigenvalue weighted by atomic mass is 10.00. The predicted octanol–water partition coefficient (Wildman–Crippen LogP) is 12.9. The van der Waals surface area contributed by atoms with E-state index in [-0.39, 0.29) is 0 Å². The quantitative estimate of drug-likeness (QED) is 0.182. The van der Waals surface area contributed by atoms with Crippen LogP contribution < -0.4 is 0 Å². The van der Waals surface area contributed by atoms with Crippen LogP contribution in [0.5, 0.6) is 0 Å². The SMILES string of the molecule is c1cncc(-c2cccc(-c3nc(-c4ccc(-c5ccc6c(c5)sc5ccccc56)cc4)cc(-c4ccc5sc6ccccc6c5c4)n3)c2)c1. The van der Waals surface area contributed by atoms with Crippen LogP contribution in [0.3, 0.4) is 0 Å². The van der Waals surface area contributed by atoms with Crippen molar-refractivity contribution in [2.45, 2.75) is 0 Å². The number of fused-ring (bicyclic) bond motifs is 6. The fourth-order valence-electron chi connectivity index (χ4n) is 6.87. The van der Waals surface area contributed by atoms with E-state index >= 15 is 0 Å². The average molecular weight is 674 g/mol. The van der Waals surface area contributed by atoms with Crippen molar-refractivity contribution in [1.29, 1.82) is 0 Å². The van der Waals surface area contributed by atoms with Crippen LogP contribution in [0.2, 0.25) is 0 Å². The number of nitrogens with zero attached hydrogens (tertiary/aromatic N) is 3. The van der Waals surface area contributed by atoms with Crippen molar-refractivity contribution in [2.24, 2.45) is 0 Å². The molecule has 0 saturated carbocycles. The first-order valence-electron chi connectivity index (χ1n) is 16.6. The first-order chi connectivity index (χ1) is 24.7. The van der Waals surface area contributed by atoms with E-state index in [2.05, 4.69) is 151 Å². The molecule has 4 aromatic heterocycles. The molecule has 0 spiro atoms. The number of hydrogen-bond acceptors (Lipinski definition) is 5. The standard InChI is InChI=1S/C45H27N3S2/c1-3-12-41-35(10-1)37-20-18-31(25-44(37)50-41)28-14-16-29(17-15-28)39-26-40(32-19-21-43-38(24-32)36-11-2-4-13-42(36)49-43)48-45(47-39)33-8-5-7-30(23-33)34-9-6-22-46-27-34/h1-27H. The lowest BCUT2D eigenvalue weighted by molar-refractivity contribution is 1.18. The summed E-state index contributed by atoms with van der Waals surface area (Å²) in [4.78, 5) is 14.7. The van der Waals surface area contributed by atoms with Gasteiger partial charge in [-0.05, 0) is 65.2 Å². The Balaban J connectivity index is 1.09. The fourth-order valence-corrected chi connectivity index (χ4v) is 9.10. The van der Waals surface area contributed by atoms with Gasteiger partial charge in [0.25, 0.3) is 0 Å². The summed E-state index contributed by atoms with van der Waals surface area (Å²) in [5, 5.41) is 5.16. The molecule has 50 heavy (non-hydrogen) atoms. The lowest BCUT2D eigenvalue weighted by Crippen LogP contribution is -1.96. The highest BCUT2D eigenvalue weighted by Gasteiger charge is 2.14. The lowest BCUT2D eigenvalue weighted by Gasteiger charge is -2.11. The van der Waals surface area contributed by atoms with Gasteiger partial charge in [0, 0.05) is 75.0 Å². The number of benzene rings is 6. The molecule has 6 aromatic carbocycles. The molecule has 0 atom stereocenters. The topological polar surface area (TPSA) is 38.7 Å². The first kappa shape index (κ1) is 29.0. The molecule has 10 aromatic rings. The van der Waals surface area contributed by atoms with E-state index in [1.807, 2.05) is 34.9 Å². The van der Waals surface area contributed by atoms with E-state index < -0.39 is 0 Å². The largest absolute Gasteiger partial charge is 0.264 e. The van der Waals surface area contributed by atoms with E-state index in [0.29, 0.717) is 5.82 Å². The number of hydrogen-bond donors (Lipinski definition) is 0. The van der Waals surface area contributed by atoms with Crippen molar-refractivity contribution in [3.8, 4) is 56.2 Å². The van der Waals surface area contributed by atoms with E-state index in [1.165, 1.54) is 51.5 Å². The maximum absolute atomic E-state index is 5.20. The molecule has 0 fully saturated rings. The highest BCUT2D eigenvalue weighted by molar-refractivity contribution is 7.26. The summed E-state index contributed by atoms with van der Waals surface area (Å²) in [5.41, 5.74) is 9.40. The van der Waals surface area contributed by atoms with E-state index in [1.54, 1.807) is 6.20 Å². The van der Waals surface area contributed by atoms with Gasteiger partial charge in [0.1, 0.15) is 0 Å². The van der Waals surface area contributed by atoms with Crippen LogP contribution in [-0.4, -0.2) is 15.0 Å². The van der Waals surface area contributed by atoms with Crippen molar-refractivity contribution in [1.82, 2.24) is 15.0 Å². The molecule has 0 unspecified atom stereocenters. The molecule has 0 bridgehead atoms. The van der Waals surface area contributed by atoms with Crippen LogP contribution >= 0.6 is 22.7 Å². The van der Waals surface area contributed by atoms with Gasteiger partial charge in [0.15, 0.2) is 5.82 Å². The Morgan fingerprint density at radius 2 is 0.940 bits per heavy atom. The highest BCUT2D eigenvalue weighted by Crippen LogP contribution is 2.39. The molecule has 0 aliphatic rings. The molecule has 5 heteroatoms. The van der Waals surface area contributed by atoms with Crippen LogP contribution in [0.1, 0.15) is 0 Å². The summed E-state index contributed by atoms with van der Waals surface area (Å²) in [7, 11) is 0. The highest BCUT2D eigenvalue weighted by atomic mass is 32.1. The van der Waals surface area contributed by atoms with Crippen LogP contribution in [0.25, 0.3) is 96.5 Å². The molecule has 10 rings (SSSR count). The predicted molar refractivity (Wildman–Crippen MR) is 213 cm³/mol. The van der Waals surface area contributed by atoms with Gasteiger partial charge in [-0.15, -0.1) is 22.7 Å². The third kappa shape index (κ3) is 5.07. The third-order valence-corrected chi connectivity index (χ3v) is 11.7. The van der Waals surface area contributed by atoms with E-state index in [4.69, 9.17) is 9.97 Å². The van der Waals surface area contributed by atoms with Crippen LogP contribution in [0.4, 0.5) is 0 Å². The monoisotopic (exact) mass is 673 g/mol. The molecule has 3 nitrogen and oxygen atoms in total. The third-order valence-electron chi connectivity index (χ3n) is 9.41. The van der Waals surface area contributed by atoms with Gasteiger partial charge in [-0.3, -0.25) is 4.98 Å². The number of rotatable bonds is 5. The Morgan fingerprint density at radius 3 is 1.74 bits per heavy atom. The maximum Gasteiger partial charge on any atom is 0.160 e. The Labute approximate surface area is 296 Å². The second-order valence-electron chi connectivity index (χ2n) is 12.5. The van der Waals surface area contributed by atoms with E-state index in [9.17, 15) is 0 Å². The normalized spacial score (nSPS) is 11.6. The summed E-state index contributed by atoms with van der Waals surface area (Å²) in [5.74, 6) is 0.692. The second kappa shape index (κ2) is 11.8. The van der Waals surface area contributed by atoms with Crippen LogP contribution in [-0.2, 0) is 0 Å². The molecule has 234 valence electrons. The number of pyridine rings is 1. The van der Waals surface area contributed by atoms with E-state index in [0.717, 1.165) is 39.2 Å². The summed E-state index contributed by atoms with van der Waals surface area (Å²) >= 11 is 3.68. The molecule has 0 aliphatic heterocycles. The van der Waals surface area contributed by atoms with Crippen molar-refractivity contribution in [3.63, 3.8) is 0 Å². The molecule has 0 saturated heterocycles. The second-order valence-corrected chi connectivity index (χ2v) is 14.6. The Morgan fingerprint density at radius 1 is 0.340 bits per heavy atom. The smallest absolute Gasteiger partial charge is 0.160 e. The Bertz CT molecular complexity index is 2870. The zero-order valence-corrected chi connectivity index (χ0v) is 28.4. The molecule has 0 aliphatic carbocycles. The number of thiophene rings is 2. The van der Waals surface area contributed by atoms with Gasteiger partial charge in [0.05, 0.1) is 11.4 Å². The van der Waals surface area contributed by atoms with Crippen molar-refractivity contribution >= 4 is 63.0 Å². The summed E-state index contributed by atoms with van der Waals surface area (Å²) in [6.07, 6.45) is 3.69. The zero-order valence-electron chi connectivity index (χ0n) is 26.7. The van der Waals surface area contributed by atoms with Gasteiger partial charge in [-0.2, -0.15) is 0 Å². The van der Waals surface area contributed by atoms with Crippen LogP contribution in [0, 0.1) is 0 Å². The molecule has 0 N–H and O–H groups in total. The van der Waals surface area contributed by atoms with Gasteiger partial charge < -0.3 is 0 Å². The molecule has 0 radical (unpaired) electrons. The first-order valence-corrected chi connectivity index (χ1v) is 18.2. The van der Waals surface area contributed by atoms with Crippen molar-refractivity contribution in [3.05, 3.63) is 164 Å². The summed E-state index contributed by atoms with van der Waals surface area (Å²) in [6.45, 7) is 0. The van der Waals surface area contributed by atoms with Gasteiger partial charge in [-0.1, -0.05) is 103 Å². The number of aromatic nitrogens is 3. The van der Waals surface area contributed by atoms with Gasteiger partial charge >= 0.3 is 0 Å². The molecule has 4 heterocycles. The fraction of sp³-hybridized carbons (Fsp3) is 0. The van der Waals surface area contributed by atoms with Crippen molar-refractivity contribution < 1.29 is 0 Å². The minimum absolute atomic E-state index is 0.692. The minimum Gasteiger partial charge on any atom is -0.264 e. The Kier molecular flexibility index (Phi) is 6.86. The molecular weight excluding hydrogens is 647 g/mol. The van der Waals surface area contributed by atoms with Gasteiger partial charge in [0.2, 0.25) is 0 Å². The Hall–Kier alpha value is -6.01. The summed E-state index contributed by atoms with van der Waals surface area (Å²) < 4.78 is 5.20. The summed E-state index contributed by atoms with van der Waals surface area (Å²) in [6, 6.07) is 54.1. The average Bonchev–Trinajstić information content (AvgIpc) is 3.76.